The number of hydrogen-bond donors (Lipinski definition) is 0. The van der Waals surface area contributed by atoms with E-state index in [-0.39, 0.29) is 26.6 Å². The first-order valence-electron chi connectivity index (χ1n) is 9.01. The van der Waals surface area contributed by atoms with Gasteiger partial charge in [-0.3, -0.25) is 0 Å². The SMILES string of the molecule is COCCOCOC(COCC#C[Si](C(C)C)(C(C)C)C(C)C)=C(F)F. The van der Waals surface area contributed by atoms with Gasteiger partial charge >= 0.3 is 6.08 Å². The van der Waals surface area contributed by atoms with Crippen molar-refractivity contribution in [2.24, 2.45) is 0 Å². The molecule has 0 bridgehead atoms. The first kappa shape index (κ1) is 25.1. The van der Waals surface area contributed by atoms with Crippen molar-refractivity contribution >= 4 is 8.07 Å². The highest BCUT2D eigenvalue weighted by atomic mass is 28.3. The second-order valence-corrected chi connectivity index (χ2v) is 12.6. The molecule has 0 heterocycles. The van der Waals surface area contributed by atoms with E-state index in [4.69, 9.17) is 18.9 Å². The molecule has 0 aromatic heterocycles. The predicted molar refractivity (Wildman–Crippen MR) is 103 cm³/mol. The standard InChI is InChI=1S/C19H34F2O4Si/c1-15(2)26(16(3)4,17(5)6)12-8-9-23-13-18(19(20)21)25-14-24-11-10-22-7/h15-17H,9-11,13-14H2,1-7H3. The molecule has 0 aromatic rings. The normalized spacial score (nSPS) is 11.7. The molecular formula is C19H34F2O4Si. The molecule has 0 saturated heterocycles. The van der Waals surface area contributed by atoms with Crippen LogP contribution in [0.25, 0.3) is 0 Å². The Bertz CT molecular complexity index is 456. The first-order valence-corrected chi connectivity index (χ1v) is 11.2. The largest absolute Gasteiger partial charge is 0.464 e. The molecular weight excluding hydrogens is 358 g/mol. The summed E-state index contributed by atoms with van der Waals surface area (Å²) in [6.07, 6.45) is -1.91. The molecule has 0 rings (SSSR count). The van der Waals surface area contributed by atoms with Crippen LogP contribution in [0, 0.1) is 11.5 Å². The minimum absolute atomic E-state index is 0.103. The van der Waals surface area contributed by atoms with E-state index in [0.717, 1.165) is 0 Å². The third-order valence-corrected chi connectivity index (χ3v) is 10.9. The van der Waals surface area contributed by atoms with Crippen LogP contribution in [0.3, 0.4) is 0 Å². The van der Waals surface area contributed by atoms with Gasteiger partial charge in [-0.25, -0.2) is 0 Å². The summed E-state index contributed by atoms with van der Waals surface area (Å²) in [7, 11) is -0.296. The van der Waals surface area contributed by atoms with Crippen LogP contribution in [0.4, 0.5) is 8.78 Å². The molecule has 0 aromatic carbocycles. The smallest absolute Gasteiger partial charge is 0.310 e. The maximum absolute atomic E-state index is 12.9. The highest BCUT2D eigenvalue weighted by Gasteiger charge is 2.41. The monoisotopic (exact) mass is 392 g/mol. The van der Waals surface area contributed by atoms with Gasteiger partial charge in [0.05, 0.1) is 13.2 Å². The number of methoxy groups -OCH3 is 1. The van der Waals surface area contributed by atoms with Gasteiger partial charge in [0.2, 0.25) is 0 Å². The van der Waals surface area contributed by atoms with Crippen LogP contribution in [0.15, 0.2) is 11.8 Å². The predicted octanol–water partition coefficient (Wildman–Crippen LogP) is 4.97. The van der Waals surface area contributed by atoms with E-state index >= 15 is 0 Å². The molecule has 0 aliphatic heterocycles. The van der Waals surface area contributed by atoms with Gasteiger partial charge in [0.25, 0.3) is 0 Å². The second kappa shape index (κ2) is 13.3. The molecule has 0 aliphatic rings. The van der Waals surface area contributed by atoms with Crippen LogP contribution in [-0.4, -0.2) is 48.4 Å². The van der Waals surface area contributed by atoms with E-state index in [1.54, 1.807) is 0 Å². The molecule has 0 radical (unpaired) electrons. The lowest BCUT2D eigenvalue weighted by Gasteiger charge is -2.38. The van der Waals surface area contributed by atoms with Crippen molar-refractivity contribution in [2.45, 2.75) is 58.2 Å². The molecule has 0 unspecified atom stereocenters. The highest BCUT2D eigenvalue weighted by Crippen LogP contribution is 2.40. The molecule has 0 atom stereocenters. The number of halogens is 2. The van der Waals surface area contributed by atoms with Crippen molar-refractivity contribution in [3.63, 3.8) is 0 Å². The fourth-order valence-electron chi connectivity index (χ4n) is 3.28. The molecule has 4 nitrogen and oxygen atoms in total. The van der Waals surface area contributed by atoms with Crippen LogP contribution in [-0.2, 0) is 18.9 Å². The lowest BCUT2D eigenvalue weighted by Crippen LogP contribution is -2.43. The average Bonchev–Trinajstić information content (AvgIpc) is 2.54. The van der Waals surface area contributed by atoms with Gasteiger partial charge in [0.15, 0.2) is 12.6 Å². The Morgan fingerprint density at radius 3 is 1.96 bits per heavy atom. The summed E-state index contributed by atoms with van der Waals surface area (Å²) in [5, 5.41) is 0. The van der Waals surface area contributed by atoms with Crippen LogP contribution in [0.5, 0.6) is 0 Å². The van der Waals surface area contributed by atoms with Gasteiger partial charge in [-0.2, -0.15) is 8.78 Å². The maximum Gasteiger partial charge on any atom is 0.310 e. The summed E-state index contributed by atoms with van der Waals surface area (Å²) >= 11 is 0. The Morgan fingerprint density at radius 1 is 0.923 bits per heavy atom. The fraction of sp³-hybridized carbons (Fsp3) is 0.789. The van der Waals surface area contributed by atoms with Gasteiger partial charge < -0.3 is 18.9 Å². The Morgan fingerprint density at radius 2 is 1.50 bits per heavy atom. The fourth-order valence-corrected chi connectivity index (χ4v) is 8.53. The lowest BCUT2D eigenvalue weighted by atomic mass is 10.5. The summed E-state index contributed by atoms with van der Waals surface area (Å²) in [4.78, 5) is 0. The zero-order valence-electron chi connectivity index (χ0n) is 17.2. The van der Waals surface area contributed by atoms with E-state index in [0.29, 0.717) is 23.2 Å². The van der Waals surface area contributed by atoms with Crippen molar-refractivity contribution < 1.29 is 27.7 Å². The first-order chi connectivity index (χ1) is 12.2. The van der Waals surface area contributed by atoms with Crippen molar-refractivity contribution in [3.05, 3.63) is 11.8 Å². The Balaban J connectivity index is 4.62. The van der Waals surface area contributed by atoms with Crippen molar-refractivity contribution in [1.29, 1.82) is 0 Å². The maximum atomic E-state index is 12.9. The number of ether oxygens (including phenoxy) is 4. The number of rotatable bonds is 12. The van der Waals surface area contributed by atoms with E-state index in [1.165, 1.54) is 7.11 Å². The quantitative estimate of drug-likeness (QED) is 0.154. The van der Waals surface area contributed by atoms with Gasteiger partial charge in [0, 0.05) is 7.11 Å². The summed E-state index contributed by atoms with van der Waals surface area (Å²) in [5.74, 6) is 2.54. The van der Waals surface area contributed by atoms with E-state index < -0.39 is 19.9 Å². The molecule has 0 N–H and O–H groups in total. The van der Waals surface area contributed by atoms with Crippen molar-refractivity contribution in [1.82, 2.24) is 0 Å². The summed E-state index contributed by atoms with van der Waals surface area (Å²) in [6.45, 7) is 13.5. The Kier molecular flexibility index (Phi) is 12.8. The third-order valence-electron chi connectivity index (χ3n) is 4.54. The van der Waals surface area contributed by atoms with Gasteiger partial charge in [0.1, 0.15) is 21.3 Å². The molecule has 26 heavy (non-hydrogen) atoms. The Hall–Kier alpha value is -0.943. The highest BCUT2D eigenvalue weighted by molar-refractivity contribution is 6.90. The van der Waals surface area contributed by atoms with Gasteiger partial charge in [-0.05, 0) is 16.6 Å². The molecule has 0 amide bonds. The van der Waals surface area contributed by atoms with E-state index in [9.17, 15) is 8.78 Å². The lowest BCUT2D eigenvalue weighted by molar-refractivity contribution is -0.0528. The van der Waals surface area contributed by atoms with Crippen LogP contribution >= 0.6 is 0 Å². The van der Waals surface area contributed by atoms with Gasteiger partial charge in [-0.15, -0.1) is 5.54 Å². The zero-order chi connectivity index (χ0) is 20.2. The minimum atomic E-state index is -1.91. The van der Waals surface area contributed by atoms with Crippen LogP contribution in [0.1, 0.15) is 41.5 Å². The topological polar surface area (TPSA) is 36.9 Å². The Labute approximate surface area is 158 Å². The minimum Gasteiger partial charge on any atom is -0.464 e. The van der Waals surface area contributed by atoms with E-state index in [2.05, 4.69) is 53.0 Å². The second-order valence-electron chi connectivity index (χ2n) is 7.04. The van der Waals surface area contributed by atoms with E-state index in [1.807, 2.05) is 0 Å². The molecule has 0 fully saturated rings. The molecule has 0 aliphatic carbocycles. The zero-order valence-corrected chi connectivity index (χ0v) is 18.2. The molecule has 0 saturated carbocycles. The average molecular weight is 393 g/mol. The summed E-state index contributed by atoms with van der Waals surface area (Å²) in [5.41, 5.74) is 5.03. The van der Waals surface area contributed by atoms with Gasteiger partial charge in [-0.1, -0.05) is 47.5 Å². The summed E-state index contributed by atoms with van der Waals surface area (Å²) in [6, 6.07) is 0. The van der Waals surface area contributed by atoms with Crippen LogP contribution in [0.2, 0.25) is 16.6 Å². The molecule has 0 spiro atoms. The van der Waals surface area contributed by atoms with Crippen LogP contribution < -0.4 is 0 Å². The third kappa shape index (κ3) is 8.17. The van der Waals surface area contributed by atoms with Crippen molar-refractivity contribution in [2.75, 3.05) is 40.3 Å². The molecule has 7 heteroatoms. The van der Waals surface area contributed by atoms with Crippen molar-refractivity contribution in [3.8, 4) is 11.5 Å². The number of hydrogen-bond acceptors (Lipinski definition) is 4. The molecule has 152 valence electrons. The summed E-state index contributed by atoms with van der Waals surface area (Å²) < 4.78 is 45.7.